The summed E-state index contributed by atoms with van der Waals surface area (Å²) >= 11 is 0. The van der Waals surface area contributed by atoms with Crippen LogP contribution in [0.15, 0.2) is 24.3 Å². The third kappa shape index (κ3) is 4.00. The van der Waals surface area contributed by atoms with E-state index in [2.05, 4.69) is 19.2 Å². The molecule has 0 heterocycles. The van der Waals surface area contributed by atoms with Crippen LogP contribution in [-0.4, -0.2) is 29.1 Å². The second-order valence-corrected chi connectivity index (χ2v) is 6.20. The number of hydrogen-bond acceptors (Lipinski definition) is 3. The van der Waals surface area contributed by atoms with E-state index < -0.39 is 12.1 Å². The Morgan fingerprint density at radius 2 is 1.95 bits per heavy atom. The molecule has 1 unspecified atom stereocenters. The highest BCUT2D eigenvalue weighted by molar-refractivity contribution is 5.81. The normalized spacial score (nSPS) is 21.8. The van der Waals surface area contributed by atoms with Gasteiger partial charge >= 0.3 is 5.97 Å². The van der Waals surface area contributed by atoms with Crippen molar-refractivity contribution in [2.24, 2.45) is 5.92 Å². The number of rotatable bonds is 6. The topological polar surface area (TPSA) is 75.6 Å². The number of carboxylic acid groups (broad SMARTS) is 1. The zero-order chi connectivity index (χ0) is 16.3. The smallest absolute Gasteiger partial charge is 0.306 e. The number of benzene rings is 1. The van der Waals surface area contributed by atoms with Crippen LogP contribution in [0.2, 0.25) is 0 Å². The highest BCUT2D eigenvalue weighted by Gasteiger charge is 2.36. The lowest BCUT2D eigenvalue weighted by atomic mass is 9.80. The minimum absolute atomic E-state index is 0.0540. The van der Waals surface area contributed by atoms with Gasteiger partial charge in [-0.2, -0.15) is 0 Å². The first-order valence-electron chi connectivity index (χ1n) is 7.66. The molecule has 1 fully saturated rings. The fourth-order valence-corrected chi connectivity index (χ4v) is 2.46. The molecule has 1 amide bonds. The van der Waals surface area contributed by atoms with Crippen LogP contribution in [0.4, 0.5) is 0 Å². The number of amides is 1. The van der Waals surface area contributed by atoms with Crippen LogP contribution in [0.3, 0.4) is 0 Å². The van der Waals surface area contributed by atoms with Gasteiger partial charge in [-0.15, -0.1) is 0 Å². The van der Waals surface area contributed by atoms with Gasteiger partial charge in [-0.05, 0) is 43.4 Å². The van der Waals surface area contributed by atoms with E-state index in [-0.39, 0.29) is 17.9 Å². The zero-order valence-corrected chi connectivity index (χ0v) is 13.2. The summed E-state index contributed by atoms with van der Waals surface area (Å²) in [6.45, 7) is 5.90. The summed E-state index contributed by atoms with van der Waals surface area (Å²) in [5.41, 5.74) is 1.16. The Labute approximate surface area is 130 Å². The Balaban J connectivity index is 1.84. The molecule has 1 aromatic carbocycles. The van der Waals surface area contributed by atoms with E-state index in [1.807, 2.05) is 24.3 Å². The summed E-state index contributed by atoms with van der Waals surface area (Å²) in [4.78, 5) is 22.8. The van der Waals surface area contributed by atoms with Gasteiger partial charge in [0.25, 0.3) is 5.91 Å². The van der Waals surface area contributed by atoms with E-state index in [4.69, 9.17) is 9.84 Å². The van der Waals surface area contributed by atoms with E-state index in [1.54, 1.807) is 6.92 Å². The summed E-state index contributed by atoms with van der Waals surface area (Å²) in [7, 11) is 0. The average molecular weight is 305 g/mol. The van der Waals surface area contributed by atoms with Gasteiger partial charge in [0.2, 0.25) is 0 Å². The fraction of sp³-hybridized carbons (Fsp3) is 0.529. The second kappa shape index (κ2) is 6.81. The first-order chi connectivity index (χ1) is 10.4. The lowest BCUT2D eigenvalue weighted by Gasteiger charge is -2.33. The second-order valence-electron chi connectivity index (χ2n) is 6.20. The lowest BCUT2D eigenvalue weighted by Crippen LogP contribution is -2.50. The van der Waals surface area contributed by atoms with Crippen molar-refractivity contribution in [2.45, 2.75) is 51.7 Å². The number of carboxylic acids is 1. The van der Waals surface area contributed by atoms with Crippen LogP contribution in [0, 0.1) is 5.92 Å². The third-order valence-corrected chi connectivity index (χ3v) is 4.04. The number of carbonyl (C=O) groups excluding carboxylic acids is 1. The SMILES string of the molecule is CC(Oc1cccc(C(C)C)c1)C(=O)NC1CC(C(=O)O)C1. The molecule has 2 rings (SSSR count). The molecular weight excluding hydrogens is 282 g/mol. The predicted molar refractivity (Wildman–Crippen MR) is 82.9 cm³/mol. The van der Waals surface area contributed by atoms with Crippen molar-refractivity contribution < 1.29 is 19.4 Å². The summed E-state index contributed by atoms with van der Waals surface area (Å²) in [6, 6.07) is 7.67. The molecule has 5 nitrogen and oxygen atoms in total. The molecule has 0 aromatic heterocycles. The highest BCUT2D eigenvalue weighted by Crippen LogP contribution is 2.27. The quantitative estimate of drug-likeness (QED) is 0.847. The molecule has 0 spiro atoms. The molecular formula is C17H23NO4. The number of carbonyl (C=O) groups is 2. The monoisotopic (exact) mass is 305 g/mol. The third-order valence-electron chi connectivity index (χ3n) is 4.04. The molecule has 1 saturated carbocycles. The molecule has 1 aliphatic carbocycles. The molecule has 22 heavy (non-hydrogen) atoms. The Kier molecular flexibility index (Phi) is 5.06. The molecule has 1 atom stereocenters. The van der Waals surface area contributed by atoms with Crippen molar-refractivity contribution in [3.8, 4) is 5.75 Å². The molecule has 0 saturated heterocycles. The summed E-state index contributed by atoms with van der Waals surface area (Å²) in [6.07, 6.45) is 0.388. The first-order valence-corrected chi connectivity index (χ1v) is 7.66. The molecule has 5 heteroatoms. The molecule has 0 aliphatic heterocycles. The van der Waals surface area contributed by atoms with Gasteiger partial charge in [-0.25, -0.2) is 0 Å². The van der Waals surface area contributed by atoms with Crippen LogP contribution in [0.1, 0.15) is 45.1 Å². The van der Waals surface area contributed by atoms with Crippen molar-refractivity contribution >= 4 is 11.9 Å². The average Bonchev–Trinajstić information content (AvgIpc) is 2.41. The Bertz CT molecular complexity index is 549. The Hall–Kier alpha value is -2.04. The van der Waals surface area contributed by atoms with E-state index in [0.29, 0.717) is 24.5 Å². The maximum absolute atomic E-state index is 12.1. The van der Waals surface area contributed by atoms with Gasteiger partial charge in [-0.3, -0.25) is 9.59 Å². The van der Waals surface area contributed by atoms with E-state index in [9.17, 15) is 9.59 Å². The number of hydrogen-bond donors (Lipinski definition) is 2. The van der Waals surface area contributed by atoms with Crippen LogP contribution < -0.4 is 10.1 Å². The lowest BCUT2D eigenvalue weighted by molar-refractivity contribution is -0.146. The van der Waals surface area contributed by atoms with E-state index >= 15 is 0 Å². The van der Waals surface area contributed by atoms with Crippen LogP contribution in [0.25, 0.3) is 0 Å². The number of ether oxygens (including phenoxy) is 1. The summed E-state index contributed by atoms with van der Waals surface area (Å²) in [5, 5.41) is 11.7. The minimum atomic E-state index is -0.791. The molecule has 2 N–H and O–H groups in total. The highest BCUT2D eigenvalue weighted by atomic mass is 16.5. The number of aliphatic carboxylic acids is 1. The number of nitrogens with one attached hydrogen (secondary N) is 1. The molecule has 1 aliphatic rings. The Morgan fingerprint density at radius 1 is 1.27 bits per heavy atom. The first kappa shape index (κ1) is 16.3. The largest absolute Gasteiger partial charge is 0.481 e. The zero-order valence-electron chi connectivity index (χ0n) is 13.2. The van der Waals surface area contributed by atoms with Crippen molar-refractivity contribution in [3.63, 3.8) is 0 Å². The van der Waals surface area contributed by atoms with Gasteiger partial charge in [-0.1, -0.05) is 26.0 Å². The maximum atomic E-state index is 12.1. The molecule has 1 aromatic rings. The van der Waals surface area contributed by atoms with Crippen molar-refractivity contribution in [1.29, 1.82) is 0 Å². The predicted octanol–water partition coefficient (Wildman–Crippen LogP) is 2.56. The summed E-state index contributed by atoms with van der Waals surface area (Å²) in [5.74, 6) is -0.255. The van der Waals surface area contributed by atoms with Crippen molar-refractivity contribution in [3.05, 3.63) is 29.8 Å². The van der Waals surface area contributed by atoms with Crippen LogP contribution >= 0.6 is 0 Å². The van der Waals surface area contributed by atoms with E-state index in [1.165, 1.54) is 0 Å². The minimum Gasteiger partial charge on any atom is -0.481 e. The van der Waals surface area contributed by atoms with Crippen LogP contribution in [-0.2, 0) is 9.59 Å². The molecule has 0 radical (unpaired) electrons. The fourth-order valence-electron chi connectivity index (χ4n) is 2.46. The maximum Gasteiger partial charge on any atom is 0.306 e. The van der Waals surface area contributed by atoms with Gasteiger partial charge in [0.15, 0.2) is 6.10 Å². The van der Waals surface area contributed by atoms with Crippen molar-refractivity contribution in [1.82, 2.24) is 5.32 Å². The van der Waals surface area contributed by atoms with Gasteiger partial charge < -0.3 is 15.2 Å². The standard InChI is InChI=1S/C17H23NO4/c1-10(2)12-5-4-6-15(9-12)22-11(3)16(19)18-14-7-13(8-14)17(20)21/h4-6,9-11,13-14H,7-8H2,1-3H3,(H,18,19)(H,20,21). The molecule has 0 bridgehead atoms. The van der Waals surface area contributed by atoms with Gasteiger partial charge in [0.05, 0.1) is 5.92 Å². The van der Waals surface area contributed by atoms with Gasteiger partial charge in [0, 0.05) is 6.04 Å². The summed E-state index contributed by atoms with van der Waals surface area (Å²) < 4.78 is 5.68. The van der Waals surface area contributed by atoms with E-state index in [0.717, 1.165) is 5.56 Å². The molecule has 120 valence electrons. The Morgan fingerprint density at radius 3 is 2.55 bits per heavy atom. The van der Waals surface area contributed by atoms with Crippen molar-refractivity contribution in [2.75, 3.05) is 0 Å². The van der Waals surface area contributed by atoms with Gasteiger partial charge in [0.1, 0.15) is 5.75 Å². The van der Waals surface area contributed by atoms with Crippen LogP contribution in [0.5, 0.6) is 5.75 Å².